The van der Waals surface area contributed by atoms with Crippen LogP contribution in [0, 0.1) is 6.92 Å². The predicted molar refractivity (Wildman–Crippen MR) is 97.0 cm³/mol. The number of amides is 1. The molecule has 1 saturated heterocycles. The van der Waals surface area contributed by atoms with Crippen LogP contribution in [0.5, 0.6) is 0 Å². The summed E-state index contributed by atoms with van der Waals surface area (Å²) >= 11 is 1.23. The normalized spacial score (nSPS) is 15.8. The van der Waals surface area contributed by atoms with Crippen molar-refractivity contribution in [3.63, 3.8) is 0 Å². The van der Waals surface area contributed by atoms with Crippen LogP contribution in [-0.2, 0) is 9.53 Å². The molecular formula is C18H21N3O3S. The summed E-state index contributed by atoms with van der Waals surface area (Å²) < 4.78 is 5.33. The van der Waals surface area contributed by atoms with Crippen LogP contribution >= 0.6 is 11.3 Å². The highest BCUT2D eigenvalue weighted by atomic mass is 32.1. The number of ether oxygens (including phenoxy) is 1. The standard InChI is InChI=1S/C18H21N3O3S/c1-13-16(25-12-19-13)18(23)24-14(2)17(22)21-10-8-20(9-11-21)15-6-4-3-5-7-15/h3-7,12,14H,8-11H2,1-2H3. The molecule has 1 amide bonds. The number of benzene rings is 1. The van der Waals surface area contributed by atoms with E-state index in [0.29, 0.717) is 23.7 Å². The number of hydrogen-bond donors (Lipinski definition) is 0. The lowest BCUT2D eigenvalue weighted by atomic mass is 10.2. The second-order valence-corrected chi connectivity index (χ2v) is 6.82. The smallest absolute Gasteiger partial charge is 0.351 e. The third-order valence-electron chi connectivity index (χ3n) is 4.28. The Balaban J connectivity index is 1.53. The molecule has 1 atom stereocenters. The number of piperazine rings is 1. The Morgan fingerprint density at radius 3 is 2.44 bits per heavy atom. The second-order valence-electron chi connectivity index (χ2n) is 5.96. The molecule has 0 spiro atoms. The van der Waals surface area contributed by atoms with Gasteiger partial charge in [0, 0.05) is 31.9 Å². The van der Waals surface area contributed by atoms with Gasteiger partial charge in [0.2, 0.25) is 0 Å². The third-order valence-corrected chi connectivity index (χ3v) is 5.18. The van der Waals surface area contributed by atoms with Crippen LogP contribution < -0.4 is 4.90 Å². The Labute approximate surface area is 151 Å². The van der Waals surface area contributed by atoms with Crippen molar-refractivity contribution in [1.29, 1.82) is 0 Å². The maximum Gasteiger partial charge on any atom is 0.351 e. The molecule has 25 heavy (non-hydrogen) atoms. The van der Waals surface area contributed by atoms with Crippen molar-refractivity contribution in [1.82, 2.24) is 9.88 Å². The Morgan fingerprint density at radius 1 is 1.16 bits per heavy atom. The van der Waals surface area contributed by atoms with Gasteiger partial charge in [-0.05, 0) is 26.0 Å². The van der Waals surface area contributed by atoms with Crippen LogP contribution in [0.25, 0.3) is 0 Å². The fraction of sp³-hybridized carbons (Fsp3) is 0.389. The number of nitrogens with zero attached hydrogens (tertiary/aromatic N) is 3. The molecule has 0 aliphatic carbocycles. The molecular weight excluding hydrogens is 338 g/mol. The third kappa shape index (κ3) is 3.99. The predicted octanol–water partition coefficient (Wildman–Crippen LogP) is 2.35. The SMILES string of the molecule is Cc1ncsc1C(=O)OC(C)C(=O)N1CCN(c2ccccc2)CC1. The fourth-order valence-electron chi connectivity index (χ4n) is 2.84. The second kappa shape index (κ2) is 7.65. The Hall–Kier alpha value is -2.41. The highest BCUT2D eigenvalue weighted by molar-refractivity contribution is 7.11. The molecule has 1 unspecified atom stereocenters. The Kier molecular flexibility index (Phi) is 5.33. The van der Waals surface area contributed by atoms with Crippen LogP contribution in [0.3, 0.4) is 0 Å². The summed E-state index contributed by atoms with van der Waals surface area (Å²) in [7, 11) is 0. The minimum Gasteiger partial charge on any atom is -0.448 e. The van der Waals surface area contributed by atoms with Gasteiger partial charge >= 0.3 is 5.97 Å². The van der Waals surface area contributed by atoms with Gasteiger partial charge in [-0.3, -0.25) is 4.79 Å². The van der Waals surface area contributed by atoms with Crippen molar-refractivity contribution >= 4 is 28.9 Å². The van der Waals surface area contributed by atoms with Crippen molar-refractivity contribution in [2.45, 2.75) is 20.0 Å². The van der Waals surface area contributed by atoms with E-state index in [4.69, 9.17) is 4.74 Å². The molecule has 1 aliphatic heterocycles. The molecule has 7 heteroatoms. The first kappa shape index (κ1) is 17.4. The van der Waals surface area contributed by atoms with E-state index in [-0.39, 0.29) is 5.91 Å². The van der Waals surface area contributed by atoms with Gasteiger partial charge in [-0.1, -0.05) is 18.2 Å². The number of anilines is 1. The zero-order valence-corrected chi connectivity index (χ0v) is 15.2. The summed E-state index contributed by atoms with van der Waals surface area (Å²) in [5, 5.41) is 0. The molecule has 1 aromatic heterocycles. The molecule has 1 aliphatic rings. The molecule has 2 aromatic rings. The Morgan fingerprint density at radius 2 is 1.84 bits per heavy atom. The molecule has 132 valence electrons. The average molecular weight is 359 g/mol. The number of carbonyl (C=O) groups is 2. The topological polar surface area (TPSA) is 62.7 Å². The molecule has 1 fully saturated rings. The van der Waals surface area contributed by atoms with Crippen LogP contribution in [-0.4, -0.2) is 54.0 Å². The lowest BCUT2D eigenvalue weighted by molar-refractivity contribution is -0.140. The first-order chi connectivity index (χ1) is 12.1. The molecule has 0 N–H and O–H groups in total. The summed E-state index contributed by atoms with van der Waals surface area (Å²) in [6.07, 6.45) is -0.794. The van der Waals surface area contributed by atoms with E-state index < -0.39 is 12.1 Å². The van der Waals surface area contributed by atoms with Gasteiger partial charge in [-0.2, -0.15) is 0 Å². The number of esters is 1. The van der Waals surface area contributed by atoms with Gasteiger partial charge in [0.1, 0.15) is 4.88 Å². The summed E-state index contributed by atoms with van der Waals surface area (Å²) in [5.41, 5.74) is 3.39. The molecule has 0 saturated carbocycles. The molecule has 6 nitrogen and oxygen atoms in total. The Bertz CT molecular complexity index is 739. The zero-order chi connectivity index (χ0) is 17.8. The molecule has 1 aromatic carbocycles. The molecule has 3 rings (SSSR count). The number of para-hydroxylation sites is 1. The quantitative estimate of drug-likeness (QED) is 0.784. The van der Waals surface area contributed by atoms with E-state index in [9.17, 15) is 9.59 Å². The molecule has 0 bridgehead atoms. The zero-order valence-electron chi connectivity index (χ0n) is 14.3. The summed E-state index contributed by atoms with van der Waals surface area (Å²) in [5.74, 6) is -0.632. The first-order valence-electron chi connectivity index (χ1n) is 8.26. The minimum atomic E-state index is -0.794. The average Bonchev–Trinajstić information content (AvgIpc) is 3.08. The monoisotopic (exact) mass is 359 g/mol. The minimum absolute atomic E-state index is 0.150. The van der Waals surface area contributed by atoms with Crippen molar-refractivity contribution in [2.75, 3.05) is 31.1 Å². The van der Waals surface area contributed by atoms with Gasteiger partial charge in [0.05, 0.1) is 11.2 Å². The van der Waals surface area contributed by atoms with Gasteiger partial charge in [0.25, 0.3) is 5.91 Å². The van der Waals surface area contributed by atoms with E-state index in [1.54, 1.807) is 24.3 Å². The summed E-state index contributed by atoms with van der Waals surface area (Å²) in [6.45, 7) is 6.15. The number of carbonyl (C=O) groups excluding carboxylic acids is 2. The van der Waals surface area contributed by atoms with Crippen LogP contribution in [0.2, 0.25) is 0 Å². The molecule has 2 heterocycles. The number of thiazole rings is 1. The van der Waals surface area contributed by atoms with Gasteiger partial charge in [0.15, 0.2) is 6.10 Å². The molecule has 0 radical (unpaired) electrons. The number of rotatable bonds is 4. The van der Waals surface area contributed by atoms with Crippen molar-refractivity contribution in [3.05, 3.63) is 46.4 Å². The van der Waals surface area contributed by atoms with Crippen molar-refractivity contribution in [2.24, 2.45) is 0 Å². The summed E-state index contributed by atoms with van der Waals surface area (Å²) in [6, 6.07) is 10.1. The lowest BCUT2D eigenvalue weighted by Gasteiger charge is -2.37. The lowest BCUT2D eigenvalue weighted by Crippen LogP contribution is -2.51. The van der Waals surface area contributed by atoms with Crippen LogP contribution in [0.15, 0.2) is 35.8 Å². The maximum atomic E-state index is 12.5. The highest BCUT2D eigenvalue weighted by Gasteiger charge is 2.28. The van der Waals surface area contributed by atoms with E-state index in [1.807, 2.05) is 18.2 Å². The first-order valence-corrected chi connectivity index (χ1v) is 9.14. The van der Waals surface area contributed by atoms with Gasteiger partial charge in [-0.25, -0.2) is 9.78 Å². The summed E-state index contributed by atoms with van der Waals surface area (Å²) in [4.78, 5) is 33.2. The van der Waals surface area contributed by atoms with E-state index in [0.717, 1.165) is 18.8 Å². The van der Waals surface area contributed by atoms with Crippen molar-refractivity contribution < 1.29 is 14.3 Å². The van der Waals surface area contributed by atoms with E-state index in [1.165, 1.54) is 11.3 Å². The fourth-order valence-corrected chi connectivity index (χ4v) is 3.53. The number of hydrogen-bond acceptors (Lipinski definition) is 6. The van der Waals surface area contributed by atoms with Crippen molar-refractivity contribution in [3.8, 4) is 0 Å². The van der Waals surface area contributed by atoms with Gasteiger partial charge < -0.3 is 14.5 Å². The van der Waals surface area contributed by atoms with E-state index >= 15 is 0 Å². The largest absolute Gasteiger partial charge is 0.448 e. The van der Waals surface area contributed by atoms with Gasteiger partial charge in [-0.15, -0.1) is 11.3 Å². The highest BCUT2D eigenvalue weighted by Crippen LogP contribution is 2.18. The van der Waals surface area contributed by atoms with Crippen LogP contribution in [0.4, 0.5) is 5.69 Å². The van der Waals surface area contributed by atoms with E-state index in [2.05, 4.69) is 22.0 Å². The maximum absolute atomic E-state index is 12.5. The van der Waals surface area contributed by atoms with Crippen LogP contribution in [0.1, 0.15) is 22.3 Å². The number of aromatic nitrogens is 1. The number of aryl methyl sites for hydroxylation is 1.